The Kier molecular flexibility index (Phi) is 9.27. The number of hydrogen-bond donors (Lipinski definition) is 2. The van der Waals surface area contributed by atoms with Crippen LogP contribution < -0.4 is 10.2 Å². The fraction of sp³-hybridized carbons (Fsp3) is 0.793. The molecule has 0 aromatic carbocycles. The van der Waals surface area contributed by atoms with Gasteiger partial charge >= 0.3 is 0 Å². The molecule has 1 aromatic heterocycles. The predicted molar refractivity (Wildman–Crippen MR) is 139 cm³/mol. The highest BCUT2D eigenvalue weighted by Gasteiger charge is 2.27. The van der Waals surface area contributed by atoms with Crippen LogP contribution in [-0.4, -0.2) is 41.7 Å². The maximum Gasteiger partial charge on any atom is 0.269 e. The standard InChI is InChI=1S/C29H47N3O2/c1-21(2)6-7-22-8-10-23(11-9-22)12-13-24-16-17-32(20-26(33)18-24)28-5-3-4-27(31-28)29(34)30-19-25-14-15-25/h3-5,21-26,33H,6-20H2,1-2H3,(H,30,34). The molecule has 1 saturated heterocycles. The van der Waals surface area contributed by atoms with E-state index in [0.717, 1.165) is 49.5 Å². The number of aliphatic hydroxyl groups is 1. The summed E-state index contributed by atoms with van der Waals surface area (Å²) in [6.07, 6.45) is 15.1. The molecule has 5 nitrogen and oxygen atoms in total. The molecule has 0 spiro atoms. The number of pyridine rings is 1. The number of carbonyl (C=O) groups is 1. The number of hydrogen-bond acceptors (Lipinski definition) is 4. The Morgan fingerprint density at radius 1 is 1.00 bits per heavy atom. The number of aromatic nitrogens is 1. The maximum atomic E-state index is 12.5. The van der Waals surface area contributed by atoms with E-state index in [2.05, 4.69) is 29.0 Å². The molecular formula is C29H47N3O2. The number of anilines is 1. The van der Waals surface area contributed by atoms with Crippen molar-refractivity contribution >= 4 is 11.7 Å². The van der Waals surface area contributed by atoms with E-state index in [0.29, 0.717) is 24.1 Å². The molecule has 1 amide bonds. The highest BCUT2D eigenvalue weighted by molar-refractivity contribution is 5.92. The highest BCUT2D eigenvalue weighted by atomic mass is 16.3. The van der Waals surface area contributed by atoms with Gasteiger partial charge in [0.05, 0.1) is 6.10 Å². The second kappa shape index (κ2) is 12.4. The summed E-state index contributed by atoms with van der Waals surface area (Å²) in [5.41, 5.74) is 0.484. The lowest BCUT2D eigenvalue weighted by Gasteiger charge is -2.30. The van der Waals surface area contributed by atoms with Crippen molar-refractivity contribution in [2.45, 2.75) is 97.0 Å². The van der Waals surface area contributed by atoms with E-state index in [4.69, 9.17) is 0 Å². The molecule has 3 aliphatic rings. The SMILES string of the molecule is CC(C)CCC1CCC(CCC2CCN(c3cccc(C(=O)NCC4CC4)n3)CC(O)C2)CC1. The Labute approximate surface area is 207 Å². The minimum absolute atomic E-state index is 0.0825. The molecule has 0 bridgehead atoms. The van der Waals surface area contributed by atoms with Crippen LogP contribution in [0.4, 0.5) is 5.82 Å². The third-order valence-electron chi connectivity index (χ3n) is 8.48. The van der Waals surface area contributed by atoms with Gasteiger partial charge in [-0.2, -0.15) is 0 Å². The monoisotopic (exact) mass is 469 g/mol. The van der Waals surface area contributed by atoms with Crippen molar-refractivity contribution in [3.8, 4) is 0 Å². The maximum absolute atomic E-state index is 12.5. The third kappa shape index (κ3) is 7.96. The van der Waals surface area contributed by atoms with Gasteiger partial charge in [0.2, 0.25) is 0 Å². The van der Waals surface area contributed by atoms with Gasteiger partial charge in [0.25, 0.3) is 5.91 Å². The van der Waals surface area contributed by atoms with Crippen LogP contribution in [0.3, 0.4) is 0 Å². The number of nitrogens with zero attached hydrogens (tertiary/aromatic N) is 2. The van der Waals surface area contributed by atoms with Crippen LogP contribution in [0.15, 0.2) is 18.2 Å². The lowest BCUT2D eigenvalue weighted by atomic mass is 9.76. The summed E-state index contributed by atoms with van der Waals surface area (Å²) in [7, 11) is 0. The molecule has 3 fully saturated rings. The number of aliphatic hydroxyl groups excluding tert-OH is 1. The van der Waals surface area contributed by atoms with E-state index in [-0.39, 0.29) is 12.0 Å². The minimum Gasteiger partial charge on any atom is -0.391 e. The smallest absolute Gasteiger partial charge is 0.269 e. The highest BCUT2D eigenvalue weighted by Crippen LogP contribution is 2.36. The van der Waals surface area contributed by atoms with Gasteiger partial charge in [-0.1, -0.05) is 71.3 Å². The van der Waals surface area contributed by atoms with Crippen LogP contribution in [0, 0.1) is 29.6 Å². The zero-order chi connectivity index (χ0) is 23.9. The molecular weight excluding hydrogens is 422 g/mol. The van der Waals surface area contributed by atoms with Crippen molar-refractivity contribution in [1.82, 2.24) is 10.3 Å². The summed E-state index contributed by atoms with van der Waals surface area (Å²) in [4.78, 5) is 19.3. The molecule has 2 N–H and O–H groups in total. The largest absolute Gasteiger partial charge is 0.391 e. The molecule has 0 radical (unpaired) electrons. The van der Waals surface area contributed by atoms with Crippen LogP contribution in [0.5, 0.6) is 0 Å². The number of amides is 1. The third-order valence-corrected chi connectivity index (χ3v) is 8.48. The van der Waals surface area contributed by atoms with Crippen LogP contribution in [0.2, 0.25) is 0 Å². The van der Waals surface area contributed by atoms with E-state index in [1.807, 2.05) is 12.1 Å². The summed E-state index contributed by atoms with van der Waals surface area (Å²) < 4.78 is 0. The topological polar surface area (TPSA) is 65.5 Å². The normalized spacial score (nSPS) is 28.1. The Hall–Kier alpha value is -1.62. The second-order valence-electron chi connectivity index (χ2n) is 12.0. The van der Waals surface area contributed by atoms with Crippen molar-refractivity contribution in [3.63, 3.8) is 0 Å². The van der Waals surface area contributed by atoms with Gasteiger partial charge < -0.3 is 15.3 Å². The van der Waals surface area contributed by atoms with Crippen LogP contribution in [-0.2, 0) is 0 Å². The van der Waals surface area contributed by atoms with Crippen LogP contribution in [0.1, 0.15) is 101 Å². The average molecular weight is 470 g/mol. The molecule has 1 aromatic rings. The van der Waals surface area contributed by atoms with E-state index in [9.17, 15) is 9.90 Å². The van der Waals surface area contributed by atoms with Gasteiger partial charge in [-0.05, 0) is 67.4 Å². The van der Waals surface area contributed by atoms with Gasteiger partial charge in [0.15, 0.2) is 0 Å². The molecule has 34 heavy (non-hydrogen) atoms. The Balaban J connectivity index is 1.22. The lowest BCUT2D eigenvalue weighted by Crippen LogP contribution is -2.32. The molecule has 1 aliphatic heterocycles. The van der Waals surface area contributed by atoms with E-state index >= 15 is 0 Å². The summed E-state index contributed by atoms with van der Waals surface area (Å²) in [6, 6.07) is 5.68. The Morgan fingerprint density at radius 2 is 1.68 bits per heavy atom. The van der Waals surface area contributed by atoms with Gasteiger partial charge in [-0.15, -0.1) is 0 Å². The number of nitrogens with one attached hydrogen (secondary N) is 1. The molecule has 2 saturated carbocycles. The molecule has 190 valence electrons. The minimum atomic E-state index is -0.326. The first-order valence-corrected chi connectivity index (χ1v) is 14.1. The van der Waals surface area contributed by atoms with Crippen molar-refractivity contribution < 1.29 is 9.90 Å². The lowest BCUT2D eigenvalue weighted by molar-refractivity contribution is 0.0947. The zero-order valence-electron chi connectivity index (χ0n) is 21.6. The van der Waals surface area contributed by atoms with Crippen molar-refractivity contribution in [3.05, 3.63) is 23.9 Å². The molecule has 2 unspecified atom stereocenters. The average Bonchev–Trinajstić information content (AvgIpc) is 3.68. The number of rotatable bonds is 10. The van der Waals surface area contributed by atoms with Gasteiger partial charge in [-0.3, -0.25) is 4.79 Å². The fourth-order valence-electron chi connectivity index (χ4n) is 5.96. The second-order valence-corrected chi connectivity index (χ2v) is 12.0. The van der Waals surface area contributed by atoms with E-state index in [1.165, 1.54) is 64.2 Å². The first-order chi connectivity index (χ1) is 16.5. The predicted octanol–water partition coefficient (Wildman–Crippen LogP) is 5.82. The zero-order valence-corrected chi connectivity index (χ0v) is 21.6. The number of carbonyl (C=O) groups excluding carboxylic acids is 1. The summed E-state index contributed by atoms with van der Waals surface area (Å²) in [5.74, 6) is 4.67. The summed E-state index contributed by atoms with van der Waals surface area (Å²) >= 11 is 0. The van der Waals surface area contributed by atoms with Gasteiger partial charge in [0, 0.05) is 19.6 Å². The fourth-order valence-corrected chi connectivity index (χ4v) is 5.96. The van der Waals surface area contributed by atoms with E-state index < -0.39 is 0 Å². The Morgan fingerprint density at radius 3 is 2.38 bits per heavy atom. The molecule has 2 atom stereocenters. The van der Waals surface area contributed by atoms with Crippen molar-refractivity contribution in [2.24, 2.45) is 29.6 Å². The van der Waals surface area contributed by atoms with Gasteiger partial charge in [-0.25, -0.2) is 4.98 Å². The first-order valence-electron chi connectivity index (χ1n) is 14.1. The summed E-state index contributed by atoms with van der Waals surface area (Å²) in [6.45, 7) is 6.96. The van der Waals surface area contributed by atoms with Crippen molar-refractivity contribution in [2.75, 3.05) is 24.5 Å². The van der Waals surface area contributed by atoms with Crippen molar-refractivity contribution in [1.29, 1.82) is 0 Å². The summed E-state index contributed by atoms with van der Waals surface area (Å²) in [5, 5.41) is 13.8. The van der Waals surface area contributed by atoms with E-state index in [1.54, 1.807) is 6.07 Å². The molecule has 2 aliphatic carbocycles. The number of β-amino-alcohol motifs (C(OH)–C–C–N with tert-alkyl or cyclic N) is 1. The Bertz CT molecular complexity index is 770. The molecule has 5 heteroatoms. The van der Waals surface area contributed by atoms with Crippen LogP contribution >= 0.6 is 0 Å². The molecule has 4 rings (SSSR count). The quantitative estimate of drug-likeness (QED) is 0.453. The first kappa shape index (κ1) is 25.5. The molecule has 2 heterocycles. The van der Waals surface area contributed by atoms with Gasteiger partial charge in [0.1, 0.15) is 11.5 Å². The van der Waals surface area contributed by atoms with Crippen LogP contribution in [0.25, 0.3) is 0 Å².